The van der Waals surface area contributed by atoms with E-state index >= 15 is 0 Å². The third-order valence-corrected chi connectivity index (χ3v) is 5.64. The number of fused-ring (bicyclic) bond motifs is 1. The highest BCUT2D eigenvalue weighted by atomic mass is 79.9. The van der Waals surface area contributed by atoms with E-state index in [2.05, 4.69) is 54.8 Å². The molecule has 3 N–H and O–H groups in total. The van der Waals surface area contributed by atoms with Crippen molar-refractivity contribution < 1.29 is 9.90 Å². The average Bonchev–Trinajstić information content (AvgIpc) is 3.05. The number of hydrogen-bond acceptors (Lipinski definition) is 5. The molecule has 2 aromatic heterocycles. The number of hydrogen-bond donors (Lipinski definition) is 3. The van der Waals surface area contributed by atoms with E-state index in [9.17, 15) is 4.79 Å². The van der Waals surface area contributed by atoms with Crippen LogP contribution < -0.4 is 10.6 Å². The molecule has 0 aliphatic carbocycles. The van der Waals surface area contributed by atoms with Crippen molar-refractivity contribution in [1.82, 2.24) is 14.8 Å². The highest BCUT2D eigenvalue weighted by Crippen LogP contribution is 2.36. The summed E-state index contributed by atoms with van der Waals surface area (Å²) in [6.45, 7) is 1.58. The molecule has 0 unspecified atom stereocenters. The topological polar surface area (TPSA) is 92.1 Å². The third kappa shape index (κ3) is 3.86. The van der Waals surface area contributed by atoms with E-state index in [1.807, 2.05) is 43.4 Å². The van der Waals surface area contributed by atoms with Crippen LogP contribution in [0.3, 0.4) is 0 Å². The Morgan fingerprint density at radius 3 is 2.67 bits per heavy atom. The van der Waals surface area contributed by atoms with Crippen LogP contribution in [0.5, 0.6) is 0 Å². The van der Waals surface area contributed by atoms with Crippen LogP contribution in [0.4, 0.5) is 17.2 Å². The summed E-state index contributed by atoms with van der Waals surface area (Å²) >= 11 is 3.72. The van der Waals surface area contributed by atoms with Gasteiger partial charge in [-0.2, -0.15) is 5.10 Å². The van der Waals surface area contributed by atoms with Crippen molar-refractivity contribution in [1.29, 1.82) is 0 Å². The summed E-state index contributed by atoms with van der Waals surface area (Å²) in [6.07, 6.45) is 1.62. The van der Waals surface area contributed by atoms with Gasteiger partial charge in [-0.15, -0.1) is 0 Å². The molecule has 0 bridgehead atoms. The van der Waals surface area contributed by atoms with Gasteiger partial charge in [0.05, 0.1) is 23.1 Å². The monoisotopic (exact) mass is 465 g/mol. The van der Waals surface area contributed by atoms with Crippen molar-refractivity contribution in [2.24, 2.45) is 7.05 Å². The van der Waals surface area contributed by atoms with Gasteiger partial charge in [-0.3, -0.25) is 9.48 Å². The molecule has 0 saturated heterocycles. The lowest BCUT2D eigenvalue weighted by molar-refractivity contribution is -0.137. The van der Waals surface area contributed by atoms with Crippen LogP contribution in [0.2, 0.25) is 0 Å². The Kier molecular flexibility index (Phi) is 5.41. The molecule has 0 saturated carbocycles. The summed E-state index contributed by atoms with van der Waals surface area (Å²) < 4.78 is 2.65. The SMILES string of the molecule is C[C@H](Nc1cnc2c(Nc3cccc(-c4ccccc4)c3Br)nn(C)c2c1)C(=O)O. The number of carbonyl (C=O) groups is 1. The van der Waals surface area contributed by atoms with Crippen LogP contribution in [0, 0.1) is 0 Å². The fourth-order valence-electron chi connectivity index (χ4n) is 3.21. The predicted molar refractivity (Wildman–Crippen MR) is 122 cm³/mol. The molecule has 1 atom stereocenters. The fraction of sp³-hybridized carbons (Fsp3) is 0.136. The third-order valence-electron chi connectivity index (χ3n) is 4.78. The smallest absolute Gasteiger partial charge is 0.325 e. The van der Waals surface area contributed by atoms with Gasteiger partial charge in [0.1, 0.15) is 11.6 Å². The molecule has 0 spiro atoms. The maximum Gasteiger partial charge on any atom is 0.325 e. The van der Waals surface area contributed by atoms with Gasteiger partial charge in [0, 0.05) is 11.5 Å². The first-order valence-electron chi connectivity index (χ1n) is 9.37. The molecular weight excluding hydrogens is 446 g/mol. The zero-order valence-corrected chi connectivity index (χ0v) is 18.0. The molecule has 30 heavy (non-hydrogen) atoms. The standard InChI is InChI=1S/C22H20BrN5O2/c1-13(22(29)30)25-15-11-18-20(24-12-15)21(27-28(18)2)26-17-10-6-9-16(19(17)23)14-7-4-3-5-8-14/h3-13,25H,1-2H3,(H,26,27)(H,29,30)/t13-/m0/s1. The fourth-order valence-corrected chi connectivity index (χ4v) is 3.80. The molecule has 0 aliphatic heterocycles. The summed E-state index contributed by atoms with van der Waals surface area (Å²) in [6, 6.07) is 17.3. The van der Waals surface area contributed by atoms with Crippen LogP contribution in [0.1, 0.15) is 6.92 Å². The number of rotatable bonds is 6. The summed E-state index contributed by atoms with van der Waals surface area (Å²) in [5, 5.41) is 19.9. The summed E-state index contributed by atoms with van der Waals surface area (Å²) in [4.78, 5) is 15.6. The van der Waals surface area contributed by atoms with Crippen molar-refractivity contribution in [2.75, 3.05) is 10.6 Å². The van der Waals surface area contributed by atoms with Crippen molar-refractivity contribution >= 4 is 50.1 Å². The quantitative estimate of drug-likeness (QED) is 0.369. The first-order chi connectivity index (χ1) is 14.4. The maximum absolute atomic E-state index is 11.1. The van der Waals surface area contributed by atoms with E-state index in [-0.39, 0.29) is 0 Å². The molecule has 152 valence electrons. The number of anilines is 3. The molecule has 0 aliphatic rings. The zero-order valence-electron chi connectivity index (χ0n) is 16.4. The number of carboxylic acid groups (broad SMARTS) is 1. The lowest BCUT2D eigenvalue weighted by Crippen LogP contribution is -2.25. The van der Waals surface area contributed by atoms with E-state index in [0.717, 1.165) is 26.8 Å². The number of aliphatic carboxylic acids is 1. The number of halogens is 1. The van der Waals surface area contributed by atoms with E-state index in [0.29, 0.717) is 17.0 Å². The summed E-state index contributed by atoms with van der Waals surface area (Å²) in [5.41, 5.74) is 5.17. The van der Waals surface area contributed by atoms with E-state index in [1.165, 1.54) is 0 Å². The number of nitrogens with zero attached hydrogens (tertiary/aromatic N) is 3. The Labute approximate surface area is 181 Å². The minimum Gasteiger partial charge on any atom is -0.480 e. The zero-order chi connectivity index (χ0) is 21.3. The van der Waals surface area contributed by atoms with Gasteiger partial charge < -0.3 is 15.7 Å². The lowest BCUT2D eigenvalue weighted by atomic mass is 10.1. The van der Waals surface area contributed by atoms with E-state index < -0.39 is 12.0 Å². The molecule has 8 heteroatoms. The molecule has 2 aromatic carbocycles. The summed E-state index contributed by atoms with van der Waals surface area (Å²) in [5.74, 6) is -0.304. The van der Waals surface area contributed by atoms with Gasteiger partial charge >= 0.3 is 5.97 Å². The number of aromatic nitrogens is 3. The highest BCUT2D eigenvalue weighted by molar-refractivity contribution is 9.10. The van der Waals surface area contributed by atoms with Gasteiger partial charge in [-0.05, 0) is 46.1 Å². The minimum atomic E-state index is -0.925. The number of pyridine rings is 1. The summed E-state index contributed by atoms with van der Waals surface area (Å²) in [7, 11) is 1.83. The van der Waals surface area contributed by atoms with Crippen LogP contribution >= 0.6 is 15.9 Å². The van der Waals surface area contributed by atoms with Crippen LogP contribution in [0.25, 0.3) is 22.2 Å². The van der Waals surface area contributed by atoms with Gasteiger partial charge in [-0.1, -0.05) is 42.5 Å². The molecular formula is C22H20BrN5O2. The van der Waals surface area contributed by atoms with Crippen molar-refractivity contribution in [3.8, 4) is 11.1 Å². The number of carboxylic acids is 1. The van der Waals surface area contributed by atoms with Gasteiger partial charge in [-0.25, -0.2) is 4.98 Å². The van der Waals surface area contributed by atoms with Crippen LogP contribution in [0.15, 0.2) is 65.3 Å². The molecule has 0 amide bonds. The Morgan fingerprint density at radius 1 is 1.17 bits per heavy atom. The Balaban J connectivity index is 1.67. The Bertz CT molecular complexity index is 1220. The largest absolute Gasteiger partial charge is 0.480 e. The second-order valence-corrected chi connectivity index (χ2v) is 7.72. The molecule has 4 aromatic rings. The first-order valence-corrected chi connectivity index (χ1v) is 10.2. The van der Waals surface area contributed by atoms with Crippen molar-refractivity contribution in [3.05, 3.63) is 65.3 Å². The number of nitrogens with one attached hydrogen (secondary N) is 2. The number of benzene rings is 2. The molecule has 4 rings (SSSR count). The van der Waals surface area contributed by atoms with E-state index in [1.54, 1.807) is 17.8 Å². The van der Waals surface area contributed by atoms with Gasteiger partial charge in [0.15, 0.2) is 5.82 Å². The average molecular weight is 466 g/mol. The second-order valence-electron chi connectivity index (χ2n) is 6.93. The Morgan fingerprint density at radius 2 is 1.93 bits per heavy atom. The Hall–Kier alpha value is -3.39. The lowest BCUT2D eigenvalue weighted by Gasteiger charge is -2.11. The maximum atomic E-state index is 11.1. The van der Waals surface area contributed by atoms with Crippen LogP contribution in [-0.2, 0) is 11.8 Å². The van der Waals surface area contributed by atoms with E-state index in [4.69, 9.17) is 5.11 Å². The second kappa shape index (κ2) is 8.16. The minimum absolute atomic E-state index is 0.622. The normalized spacial score (nSPS) is 12.0. The van der Waals surface area contributed by atoms with Gasteiger partial charge in [0.2, 0.25) is 0 Å². The molecule has 0 fully saturated rings. The molecule has 0 radical (unpaired) electrons. The predicted octanol–water partition coefficient (Wildman–Crippen LogP) is 5.03. The molecule has 2 heterocycles. The van der Waals surface area contributed by atoms with Crippen molar-refractivity contribution in [3.63, 3.8) is 0 Å². The highest BCUT2D eigenvalue weighted by Gasteiger charge is 2.16. The van der Waals surface area contributed by atoms with Crippen molar-refractivity contribution in [2.45, 2.75) is 13.0 Å². The van der Waals surface area contributed by atoms with Gasteiger partial charge in [0.25, 0.3) is 0 Å². The molecule has 7 nitrogen and oxygen atoms in total. The first kappa shape index (κ1) is 19.9. The number of aryl methyl sites for hydroxylation is 1. The van der Waals surface area contributed by atoms with Crippen LogP contribution in [-0.4, -0.2) is 31.9 Å².